The molecule has 0 atom stereocenters. The van der Waals surface area contributed by atoms with Gasteiger partial charge in [-0.05, 0) is 59.9 Å². The normalized spacial score (nSPS) is 11.5. The molecule has 0 radical (unpaired) electrons. The maximum Gasteiger partial charge on any atom is 0.337 e. The predicted molar refractivity (Wildman–Crippen MR) is 119 cm³/mol. The molecule has 0 amide bonds. The van der Waals surface area contributed by atoms with Crippen molar-refractivity contribution in [1.82, 2.24) is 9.29 Å². The first kappa shape index (κ1) is 22.7. The summed E-state index contributed by atoms with van der Waals surface area (Å²) in [5.41, 5.74) is 3.68. The van der Waals surface area contributed by atoms with Gasteiger partial charge in [-0.25, -0.2) is 13.2 Å². The van der Waals surface area contributed by atoms with Crippen molar-refractivity contribution in [2.24, 2.45) is 0 Å². The number of hydrogen-bond acceptors (Lipinski definition) is 5. The number of ether oxygens (including phenoxy) is 1. The highest BCUT2D eigenvalue weighted by atomic mass is 32.2. The van der Waals surface area contributed by atoms with Gasteiger partial charge in [-0.2, -0.15) is 4.31 Å². The Balaban J connectivity index is 1.99. The fourth-order valence-electron chi connectivity index (χ4n) is 3.33. The van der Waals surface area contributed by atoms with E-state index in [1.54, 1.807) is 25.4 Å². The molecule has 0 fully saturated rings. The number of benzene rings is 2. The molecule has 0 aliphatic carbocycles. The van der Waals surface area contributed by atoms with Crippen molar-refractivity contribution in [3.8, 4) is 0 Å². The van der Waals surface area contributed by atoms with Gasteiger partial charge in [-0.1, -0.05) is 37.3 Å². The number of carbonyl (C=O) groups is 1. The lowest BCUT2D eigenvalue weighted by Gasteiger charge is -2.23. The second-order valence-electron chi connectivity index (χ2n) is 7.28. The van der Waals surface area contributed by atoms with E-state index in [-0.39, 0.29) is 18.0 Å². The van der Waals surface area contributed by atoms with Gasteiger partial charge >= 0.3 is 5.97 Å². The summed E-state index contributed by atoms with van der Waals surface area (Å²) in [4.78, 5) is 16.1. The number of pyridine rings is 1. The van der Waals surface area contributed by atoms with Crippen LogP contribution in [0.4, 0.5) is 0 Å². The molecule has 2 aromatic carbocycles. The summed E-state index contributed by atoms with van der Waals surface area (Å²) in [6, 6.07) is 16.1. The van der Waals surface area contributed by atoms with E-state index in [1.165, 1.54) is 35.2 Å². The van der Waals surface area contributed by atoms with Crippen LogP contribution < -0.4 is 0 Å². The predicted octanol–water partition coefficient (Wildman–Crippen LogP) is 4.13. The number of carbonyl (C=O) groups excluding carboxylic acids is 1. The van der Waals surface area contributed by atoms with Crippen LogP contribution in [0.25, 0.3) is 0 Å². The second-order valence-corrected chi connectivity index (χ2v) is 9.18. The van der Waals surface area contributed by atoms with Gasteiger partial charge in [0, 0.05) is 25.5 Å². The monoisotopic (exact) mass is 438 g/mol. The van der Waals surface area contributed by atoms with Gasteiger partial charge in [0.15, 0.2) is 0 Å². The van der Waals surface area contributed by atoms with Crippen LogP contribution in [0.1, 0.15) is 39.5 Å². The second kappa shape index (κ2) is 9.85. The molecule has 3 aromatic rings. The van der Waals surface area contributed by atoms with Crippen LogP contribution in [0, 0.1) is 6.92 Å². The standard InChI is InChI=1S/C24H26N2O4S/c1-4-19-7-9-20(10-8-19)16-26(17-21-6-5-13-25-15-21)31(28,29)23-12-11-22(14-18(23)2)24(27)30-3/h5-15H,4,16-17H2,1-3H3. The number of aryl methyl sites for hydroxylation is 2. The van der Waals surface area contributed by atoms with Crippen molar-refractivity contribution in [3.63, 3.8) is 0 Å². The fraction of sp³-hybridized carbons (Fsp3) is 0.250. The molecule has 0 aliphatic rings. The molecule has 1 heterocycles. The van der Waals surface area contributed by atoms with Gasteiger partial charge in [0.25, 0.3) is 0 Å². The average molecular weight is 439 g/mol. The van der Waals surface area contributed by atoms with Crippen molar-refractivity contribution in [2.75, 3.05) is 7.11 Å². The number of sulfonamides is 1. The van der Waals surface area contributed by atoms with Crippen LogP contribution in [0.15, 0.2) is 71.9 Å². The van der Waals surface area contributed by atoms with Crippen molar-refractivity contribution in [3.05, 3.63) is 94.8 Å². The third kappa shape index (κ3) is 5.37. The SMILES string of the molecule is CCc1ccc(CN(Cc2cccnc2)S(=O)(=O)c2ccc(C(=O)OC)cc2C)cc1. The molecular formula is C24H26N2O4S. The number of esters is 1. The Hall–Kier alpha value is -3.03. The van der Waals surface area contributed by atoms with Crippen molar-refractivity contribution >= 4 is 16.0 Å². The summed E-state index contributed by atoms with van der Waals surface area (Å²) in [6.07, 6.45) is 4.24. The lowest BCUT2D eigenvalue weighted by Crippen LogP contribution is -2.31. The molecule has 0 saturated heterocycles. The van der Waals surface area contributed by atoms with Gasteiger partial charge in [-0.3, -0.25) is 4.98 Å². The molecule has 0 unspecified atom stereocenters. The third-order valence-electron chi connectivity index (χ3n) is 5.09. The minimum absolute atomic E-state index is 0.161. The van der Waals surface area contributed by atoms with E-state index in [9.17, 15) is 13.2 Å². The van der Waals surface area contributed by atoms with Crippen molar-refractivity contribution in [1.29, 1.82) is 0 Å². The molecule has 0 aliphatic heterocycles. The van der Waals surface area contributed by atoms with E-state index >= 15 is 0 Å². The van der Waals surface area contributed by atoms with Crippen LogP contribution in [-0.4, -0.2) is 30.8 Å². The molecule has 0 spiro atoms. The Bertz CT molecular complexity index is 1140. The Morgan fingerprint density at radius 2 is 1.68 bits per heavy atom. The van der Waals surface area contributed by atoms with Crippen LogP contribution in [0.2, 0.25) is 0 Å². The van der Waals surface area contributed by atoms with Crippen LogP contribution in [0.3, 0.4) is 0 Å². The maximum atomic E-state index is 13.6. The Morgan fingerprint density at radius 1 is 1.00 bits per heavy atom. The topological polar surface area (TPSA) is 76.6 Å². The zero-order chi connectivity index (χ0) is 22.4. The van der Waals surface area contributed by atoms with Crippen molar-refractivity contribution in [2.45, 2.75) is 38.3 Å². The van der Waals surface area contributed by atoms with Gasteiger partial charge in [-0.15, -0.1) is 0 Å². The van der Waals surface area contributed by atoms with Gasteiger partial charge in [0.1, 0.15) is 0 Å². The van der Waals surface area contributed by atoms with Crippen LogP contribution in [-0.2, 0) is 34.3 Å². The van der Waals surface area contributed by atoms with E-state index in [0.29, 0.717) is 11.1 Å². The minimum Gasteiger partial charge on any atom is -0.465 e. The smallest absolute Gasteiger partial charge is 0.337 e. The van der Waals surface area contributed by atoms with Gasteiger partial charge in [0.2, 0.25) is 10.0 Å². The first-order valence-electron chi connectivity index (χ1n) is 10.0. The first-order chi connectivity index (χ1) is 14.8. The number of aromatic nitrogens is 1. The molecule has 0 N–H and O–H groups in total. The van der Waals surface area contributed by atoms with Gasteiger partial charge in [0.05, 0.1) is 17.6 Å². The number of rotatable bonds is 8. The first-order valence-corrected chi connectivity index (χ1v) is 11.4. The number of hydrogen-bond donors (Lipinski definition) is 0. The van der Waals surface area contributed by atoms with E-state index in [2.05, 4.69) is 11.9 Å². The molecule has 7 heteroatoms. The highest BCUT2D eigenvalue weighted by Crippen LogP contribution is 2.25. The molecule has 1 aromatic heterocycles. The Kier molecular flexibility index (Phi) is 7.20. The van der Waals surface area contributed by atoms with E-state index in [1.807, 2.05) is 30.3 Å². The van der Waals surface area contributed by atoms with Crippen molar-refractivity contribution < 1.29 is 17.9 Å². The van der Waals surface area contributed by atoms with E-state index < -0.39 is 16.0 Å². The Morgan fingerprint density at radius 3 is 2.26 bits per heavy atom. The van der Waals surface area contributed by atoms with Crippen LogP contribution in [0.5, 0.6) is 0 Å². The molecule has 3 rings (SSSR count). The maximum absolute atomic E-state index is 13.6. The van der Waals surface area contributed by atoms with Crippen LogP contribution >= 0.6 is 0 Å². The fourth-order valence-corrected chi connectivity index (χ4v) is 4.95. The highest BCUT2D eigenvalue weighted by molar-refractivity contribution is 7.89. The lowest BCUT2D eigenvalue weighted by atomic mass is 10.1. The molecule has 0 saturated carbocycles. The molecule has 0 bridgehead atoms. The largest absolute Gasteiger partial charge is 0.465 e. The van der Waals surface area contributed by atoms with E-state index in [4.69, 9.17) is 4.74 Å². The summed E-state index contributed by atoms with van der Waals surface area (Å²) in [5, 5.41) is 0. The average Bonchev–Trinajstić information content (AvgIpc) is 2.79. The minimum atomic E-state index is -3.84. The number of methoxy groups -OCH3 is 1. The molecule has 6 nitrogen and oxygen atoms in total. The summed E-state index contributed by atoms with van der Waals surface area (Å²) in [7, 11) is -2.55. The molecular weight excluding hydrogens is 412 g/mol. The summed E-state index contributed by atoms with van der Waals surface area (Å²) >= 11 is 0. The zero-order valence-electron chi connectivity index (χ0n) is 17.9. The van der Waals surface area contributed by atoms with E-state index in [0.717, 1.165) is 17.5 Å². The molecule has 162 valence electrons. The zero-order valence-corrected chi connectivity index (χ0v) is 18.7. The third-order valence-corrected chi connectivity index (χ3v) is 7.04. The quantitative estimate of drug-likeness (QED) is 0.494. The molecule has 31 heavy (non-hydrogen) atoms. The highest BCUT2D eigenvalue weighted by Gasteiger charge is 2.27. The number of nitrogens with zero attached hydrogens (tertiary/aromatic N) is 2. The van der Waals surface area contributed by atoms with Gasteiger partial charge < -0.3 is 4.74 Å². The summed E-state index contributed by atoms with van der Waals surface area (Å²) < 4.78 is 33.4. The lowest BCUT2D eigenvalue weighted by molar-refractivity contribution is 0.0600. The Labute approximate surface area is 183 Å². The summed E-state index contributed by atoms with van der Waals surface area (Å²) in [5.74, 6) is -0.504. The summed E-state index contributed by atoms with van der Waals surface area (Å²) in [6.45, 7) is 4.16.